The molecule has 3 nitrogen and oxygen atoms in total. The fourth-order valence-electron chi connectivity index (χ4n) is 2.30. The molecule has 3 aromatic rings. The van der Waals surface area contributed by atoms with Crippen molar-refractivity contribution in [2.75, 3.05) is 0 Å². The maximum atomic E-state index is 11.5. The van der Waals surface area contributed by atoms with E-state index in [4.69, 9.17) is 0 Å². The van der Waals surface area contributed by atoms with E-state index in [0.717, 1.165) is 5.39 Å². The lowest BCUT2D eigenvalue weighted by Gasteiger charge is -2.08. The van der Waals surface area contributed by atoms with Crippen molar-refractivity contribution >= 4 is 27.5 Å². The molecular formula is C15H10O3. The standard InChI is InChI=1S/C15H10O3/c16-13-7-3-6-11-12(13)8-9-4-1-2-5-10(9)14(11)15(17)18/h1-8,16H,(H,17,18). The number of rotatable bonds is 1. The molecule has 88 valence electrons. The molecule has 2 N–H and O–H groups in total. The molecule has 0 spiro atoms. The first-order valence-corrected chi connectivity index (χ1v) is 5.55. The van der Waals surface area contributed by atoms with Crippen molar-refractivity contribution in [2.24, 2.45) is 0 Å². The highest BCUT2D eigenvalue weighted by Crippen LogP contribution is 2.33. The first-order chi connectivity index (χ1) is 8.68. The average molecular weight is 238 g/mol. The molecule has 3 rings (SSSR count). The number of fused-ring (bicyclic) bond motifs is 2. The van der Waals surface area contributed by atoms with Crippen LogP contribution < -0.4 is 0 Å². The number of benzene rings is 3. The zero-order valence-corrected chi connectivity index (χ0v) is 9.42. The quantitative estimate of drug-likeness (QED) is 0.639. The van der Waals surface area contributed by atoms with Gasteiger partial charge >= 0.3 is 5.97 Å². The highest BCUT2D eigenvalue weighted by Gasteiger charge is 2.14. The number of carbonyl (C=O) groups is 1. The number of hydrogen-bond acceptors (Lipinski definition) is 2. The van der Waals surface area contributed by atoms with Crippen LogP contribution in [0.5, 0.6) is 5.75 Å². The smallest absolute Gasteiger partial charge is 0.336 e. The molecular weight excluding hydrogens is 228 g/mol. The lowest BCUT2D eigenvalue weighted by atomic mass is 9.96. The second-order valence-corrected chi connectivity index (χ2v) is 4.15. The largest absolute Gasteiger partial charge is 0.507 e. The number of phenolic OH excluding ortho intramolecular Hbond substituents is 1. The summed E-state index contributed by atoms with van der Waals surface area (Å²) < 4.78 is 0. The van der Waals surface area contributed by atoms with Gasteiger partial charge in [-0.25, -0.2) is 4.79 Å². The van der Waals surface area contributed by atoms with Crippen molar-refractivity contribution in [2.45, 2.75) is 0 Å². The summed E-state index contributed by atoms with van der Waals surface area (Å²) in [4.78, 5) is 11.5. The van der Waals surface area contributed by atoms with E-state index in [-0.39, 0.29) is 11.3 Å². The van der Waals surface area contributed by atoms with Crippen LogP contribution in [-0.4, -0.2) is 16.2 Å². The van der Waals surface area contributed by atoms with Crippen molar-refractivity contribution in [1.82, 2.24) is 0 Å². The lowest BCUT2D eigenvalue weighted by Crippen LogP contribution is -1.99. The van der Waals surface area contributed by atoms with Crippen molar-refractivity contribution in [3.05, 3.63) is 54.1 Å². The molecule has 0 saturated carbocycles. The first kappa shape index (κ1) is 10.6. The van der Waals surface area contributed by atoms with Gasteiger partial charge in [0.25, 0.3) is 0 Å². The van der Waals surface area contributed by atoms with E-state index in [2.05, 4.69) is 0 Å². The van der Waals surface area contributed by atoms with E-state index < -0.39 is 5.97 Å². The first-order valence-electron chi connectivity index (χ1n) is 5.55. The van der Waals surface area contributed by atoms with Crippen LogP contribution in [-0.2, 0) is 0 Å². The summed E-state index contributed by atoms with van der Waals surface area (Å²) in [6.45, 7) is 0. The van der Waals surface area contributed by atoms with Crippen LogP contribution in [0, 0.1) is 0 Å². The van der Waals surface area contributed by atoms with Crippen molar-refractivity contribution in [3.63, 3.8) is 0 Å². The van der Waals surface area contributed by atoms with Crippen LogP contribution in [0.4, 0.5) is 0 Å². The monoisotopic (exact) mass is 238 g/mol. The van der Waals surface area contributed by atoms with Gasteiger partial charge in [-0.15, -0.1) is 0 Å². The molecule has 3 heteroatoms. The number of hydrogen-bond donors (Lipinski definition) is 2. The van der Waals surface area contributed by atoms with Crippen LogP contribution in [0.15, 0.2) is 48.5 Å². The molecule has 0 atom stereocenters. The lowest BCUT2D eigenvalue weighted by molar-refractivity contribution is 0.0701. The van der Waals surface area contributed by atoms with E-state index >= 15 is 0 Å². The minimum Gasteiger partial charge on any atom is -0.507 e. The maximum Gasteiger partial charge on any atom is 0.336 e. The van der Waals surface area contributed by atoms with Crippen LogP contribution in [0.25, 0.3) is 21.5 Å². The summed E-state index contributed by atoms with van der Waals surface area (Å²) in [6.07, 6.45) is 0. The van der Waals surface area contributed by atoms with E-state index in [1.165, 1.54) is 0 Å². The second kappa shape index (κ2) is 3.74. The Morgan fingerprint density at radius 3 is 2.39 bits per heavy atom. The van der Waals surface area contributed by atoms with Gasteiger partial charge < -0.3 is 10.2 Å². The molecule has 0 saturated heterocycles. The molecule has 0 unspecified atom stereocenters. The van der Waals surface area contributed by atoms with E-state index in [1.54, 1.807) is 24.3 Å². The van der Waals surface area contributed by atoms with Gasteiger partial charge in [-0.1, -0.05) is 36.4 Å². The van der Waals surface area contributed by atoms with Gasteiger partial charge in [-0.2, -0.15) is 0 Å². The number of aromatic carboxylic acids is 1. The summed E-state index contributed by atoms with van der Waals surface area (Å²) in [5.41, 5.74) is 0.235. The van der Waals surface area contributed by atoms with Crippen LogP contribution in [0.3, 0.4) is 0 Å². The second-order valence-electron chi connectivity index (χ2n) is 4.15. The summed E-state index contributed by atoms with van der Waals surface area (Å²) >= 11 is 0. The normalized spacial score (nSPS) is 10.9. The molecule has 0 aliphatic heterocycles. The number of aromatic hydroxyl groups is 1. The molecule has 0 aliphatic carbocycles. The van der Waals surface area contributed by atoms with Crippen LogP contribution in [0.1, 0.15) is 10.4 Å². The third-order valence-electron chi connectivity index (χ3n) is 3.10. The van der Waals surface area contributed by atoms with E-state index in [1.807, 2.05) is 24.3 Å². The summed E-state index contributed by atoms with van der Waals surface area (Å²) in [6, 6.07) is 14.0. The molecule has 0 aromatic heterocycles. The zero-order chi connectivity index (χ0) is 12.7. The third-order valence-corrected chi connectivity index (χ3v) is 3.10. The SMILES string of the molecule is O=C(O)c1c2ccccc2cc2c(O)cccc12. The minimum absolute atomic E-state index is 0.0979. The van der Waals surface area contributed by atoms with Gasteiger partial charge in [0.05, 0.1) is 5.56 Å². The van der Waals surface area contributed by atoms with Crippen molar-refractivity contribution in [1.29, 1.82) is 0 Å². The van der Waals surface area contributed by atoms with Gasteiger partial charge in [0.1, 0.15) is 5.75 Å². The molecule has 0 heterocycles. The van der Waals surface area contributed by atoms with Gasteiger partial charge in [0, 0.05) is 10.8 Å². The predicted octanol–water partition coefficient (Wildman–Crippen LogP) is 3.40. The molecule has 0 fully saturated rings. The van der Waals surface area contributed by atoms with Gasteiger partial charge in [0.2, 0.25) is 0 Å². The minimum atomic E-state index is -0.984. The highest BCUT2D eigenvalue weighted by atomic mass is 16.4. The molecule has 0 radical (unpaired) electrons. The average Bonchev–Trinajstić information content (AvgIpc) is 2.36. The zero-order valence-electron chi connectivity index (χ0n) is 9.42. The van der Waals surface area contributed by atoms with Crippen molar-refractivity contribution < 1.29 is 15.0 Å². The number of carboxylic acids is 1. The Kier molecular flexibility index (Phi) is 2.20. The molecule has 3 aromatic carbocycles. The molecule has 0 aliphatic rings. The summed E-state index contributed by atoms with van der Waals surface area (Å²) in [5.74, 6) is -0.886. The Balaban J connectivity index is 2.63. The Labute approximate surface area is 103 Å². The summed E-state index contributed by atoms with van der Waals surface area (Å²) in [7, 11) is 0. The van der Waals surface area contributed by atoms with Gasteiger partial charge in [-0.3, -0.25) is 0 Å². The molecule has 0 bridgehead atoms. The van der Waals surface area contributed by atoms with E-state index in [9.17, 15) is 15.0 Å². The van der Waals surface area contributed by atoms with Gasteiger partial charge in [-0.05, 0) is 22.9 Å². The highest BCUT2D eigenvalue weighted by molar-refractivity contribution is 6.17. The predicted molar refractivity (Wildman–Crippen MR) is 70.1 cm³/mol. The fourth-order valence-corrected chi connectivity index (χ4v) is 2.30. The maximum absolute atomic E-state index is 11.5. The van der Waals surface area contributed by atoms with Crippen molar-refractivity contribution in [3.8, 4) is 5.75 Å². The summed E-state index contributed by atoms with van der Waals surface area (Å²) in [5, 5.41) is 21.8. The third kappa shape index (κ3) is 1.41. The van der Waals surface area contributed by atoms with Crippen LogP contribution >= 0.6 is 0 Å². The molecule has 0 amide bonds. The number of phenols is 1. The Hall–Kier alpha value is -2.55. The Bertz CT molecular complexity index is 775. The molecule has 18 heavy (non-hydrogen) atoms. The number of carboxylic acid groups (broad SMARTS) is 1. The van der Waals surface area contributed by atoms with Crippen LogP contribution in [0.2, 0.25) is 0 Å². The fraction of sp³-hybridized carbons (Fsp3) is 0. The van der Waals surface area contributed by atoms with Gasteiger partial charge in [0.15, 0.2) is 0 Å². The Morgan fingerprint density at radius 1 is 0.889 bits per heavy atom. The topological polar surface area (TPSA) is 57.5 Å². The Morgan fingerprint density at radius 2 is 1.61 bits per heavy atom. The van der Waals surface area contributed by atoms with E-state index in [0.29, 0.717) is 16.2 Å².